The molecule has 0 radical (unpaired) electrons. The van der Waals surface area contributed by atoms with E-state index in [1.165, 1.54) is 26.4 Å². The first-order valence-electron chi connectivity index (χ1n) is 13.2. The number of imidazole rings is 1. The van der Waals surface area contributed by atoms with Crippen LogP contribution in [0.25, 0.3) is 11.0 Å². The van der Waals surface area contributed by atoms with Crippen LogP contribution in [0.3, 0.4) is 0 Å². The van der Waals surface area contributed by atoms with E-state index < -0.39 is 18.0 Å². The standard InChI is InChI=1S/C29H34FN3O5/c1-16-8-10-21-23(32(16)29(36)38-4)11-12-24-26(21)31-28(27(35)19-9-13-25(37-3)22(30)15-19)33(24)20-7-5-6-18(14-20)17(2)34/h9,11-13,15-16,18,20,27,35H,5-8,10,14H2,1-4H3/t16-,18+,20+,27-/m0/s1. The van der Waals surface area contributed by atoms with Gasteiger partial charge >= 0.3 is 6.09 Å². The molecule has 1 aliphatic heterocycles. The number of ether oxygens (including phenoxy) is 2. The lowest BCUT2D eigenvalue weighted by Crippen LogP contribution is -2.42. The minimum atomic E-state index is -1.20. The monoisotopic (exact) mass is 523 g/mol. The Bertz CT molecular complexity index is 1390. The van der Waals surface area contributed by atoms with Crippen molar-refractivity contribution in [2.24, 2.45) is 5.92 Å². The molecule has 1 aliphatic carbocycles. The van der Waals surface area contributed by atoms with Crippen LogP contribution in [-0.2, 0) is 16.0 Å². The first-order valence-corrected chi connectivity index (χ1v) is 13.2. The number of nitrogens with zero attached hydrogens (tertiary/aromatic N) is 3. The topological polar surface area (TPSA) is 93.9 Å². The number of ketones is 1. The Morgan fingerprint density at radius 1 is 1.16 bits per heavy atom. The first-order chi connectivity index (χ1) is 18.2. The predicted molar refractivity (Wildman–Crippen MR) is 141 cm³/mol. The summed E-state index contributed by atoms with van der Waals surface area (Å²) >= 11 is 0. The summed E-state index contributed by atoms with van der Waals surface area (Å²) in [6.07, 6.45) is 3.06. The summed E-state index contributed by atoms with van der Waals surface area (Å²) < 4.78 is 26.7. The van der Waals surface area contributed by atoms with Gasteiger partial charge in [0.2, 0.25) is 0 Å². The van der Waals surface area contributed by atoms with Gasteiger partial charge in [0.05, 0.1) is 30.9 Å². The zero-order valence-corrected chi connectivity index (χ0v) is 22.2. The lowest BCUT2D eigenvalue weighted by Gasteiger charge is -2.34. The number of aliphatic hydroxyl groups excluding tert-OH is 1. The predicted octanol–water partition coefficient (Wildman–Crippen LogP) is 5.49. The number of aliphatic hydroxyl groups is 1. The summed E-state index contributed by atoms with van der Waals surface area (Å²) in [6, 6.07) is 8.15. The molecule has 2 heterocycles. The molecule has 1 amide bonds. The van der Waals surface area contributed by atoms with Crippen LogP contribution in [-0.4, -0.2) is 46.8 Å². The molecule has 202 valence electrons. The molecule has 0 spiro atoms. The Morgan fingerprint density at radius 3 is 2.63 bits per heavy atom. The Balaban J connectivity index is 1.69. The van der Waals surface area contributed by atoms with E-state index in [-0.39, 0.29) is 29.5 Å². The molecule has 1 N–H and O–H groups in total. The number of carbonyl (C=O) groups is 2. The fourth-order valence-corrected chi connectivity index (χ4v) is 6.14. The van der Waals surface area contributed by atoms with Crippen molar-refractivity contribution in [1.82, 2.24) is 9.55 Å². The van der Waals surface area contributed by atoms with Crippen LogP contribution < -0.4 is 9.64 Å². The molecule has 3 aromatic rings. The van der Waals surface area contributed by atoms with Gasteiger partial charge in [-0.2, -0.15) is 0 Å². The molecule has 2 aliphatic rings. The highest BCUT2D eigenvalue weighted by Gasteiger charge is 2.35. The van der Waals surface area contributed by atoms with Crippen molar-refractivity contribution in [2.45, 2.75) is 70.6 Å². The van der Waals surface area contributed by atoms with Gasteiger partial charge in [0.25, 0.3) is 0 Å². The van der Waals surface area contributed by atoms with Crippen LogP contribution in [0.15, 0.2) is 30.3 Å². The zero-order valence-electron chi connectivity index (χ0n) is 22.2. The second-order valence-electron chi connectivity index (χ2n) is 10.4. The minimum Gasteiger partial charge on any atom is -0.494 e. The number of fused-ring (bicyclic) bond motifs is 3. The quantitative estimate of drug-likeness (QED) is 0.475. The molecular formula is C29H34FN3O5. The molecular weight excluding hydrogens is 489 g/mol. The van der Waals surface area contributed by atoms with Crippen LogP contribution in [0.4, 0.5) is 14.9 Å². The maximum atomic E-state index is 14.6. The van der Waals surface area contributed by atoms with Crippen LogP contribution >= 0.6 is 0 Å². The van der Waals surface area contributed by atoms with Crippen LogP contribution in [0.1, 0.15) is 75.0 Å². The van der Waals surface area contributed by atoms with Crippen molar-refractivity contribution >= 4 is 28.6 Å². The molecule has 1 aromatic heterocycles. The van der Waals surface area contributed by atoms with E-state index in [1.807, 2.05) is 23.6 Å². The van der Waals surface area contributed by atoms with Gasteiger partial charge in [-0.3, -0.25) is 9.69 Å². The highest BCUT2D eigenvalue weighted by Crippen LogP contribution is 2.42. The normalized spacial score (nSPS) is 22.2. The van der Waals surface area contributed by atoms with Gasteiger partial charge in [0.15, 0.2) is 11.6 Å². The molecule has 1 saturated carbocycles. The van der Waals surface area contributed by atoms with Gasteiger partial charge in [0.1, 0.15) is 17.7 Å². The van der Waals surface area contributed by atoms with E-state index in [2.05, 4.69) is 0 Å². The van der Waals surface area contributed by atoms with Gasteiger partial charge in [-0.15, -0.1) is 0 Å². The van der Waals surface area contributed by atoms with Crippen molar-refractivity contribution in [3.8, 4) is 5.75 Å². The van der Waals surface area contributed by atoms with Gasteiger partial charge in [-0.1, -0.05) is 12.5 Å². The summed E-state index contributed by atoms with van der Waals surface area (Å²) in [6.45, 7) is 3.62. The third kappa shape index (κ3) is 4.42. The number of benzene rings is 2. The van der Waals surface area contributed by atoms with E-state index >= 15 is 0 Å². The summed E-state index contributed by atoms with van der Waals surface area (Å²) in [5, 5.41) is 11.5. The number of Topliss-reactive ketones (excluding diaryl/α,β-unsaturated/α-hetero) is 1. The molecule has 9 heteroatoms. The number of anilines is 1. The highest BCUT2D eigenvalue weighted by atomic mass is 19.1. The van der Waals surface area contributed by atoms with E-state index in [1.54, 1.807) is 17.9 Å². The number of aryl methyl sites for hydroxylation is 1. The van der Waals surface area contributed by atoms with Gasteiger partial charge in [-0.25, -0.2) is 14.2 Å². The maximum absolute atomic E-state index is 14.6. The highest BCUT2D eigenvalue weighted by molar-refractivity contribution is 5.95. The summed E-state index contributed by atoms with van der Waals surface area (Å²) in [4.78, 5) is 31.5. The van der Waals surface area contributed by atoms with Crippen molar-refractivity contribution in [3.63, 3.8) is 0 Å². The number of hydrogen-bond donors (Lipinski definition) is 1. The molecule has 2 aromatic carbocycles. The SMILES string of the molecule is COC(=O)N1c2ccc3c(nc([C@@H](O)c4ccc(OC)c(F)c4)n3[C@@H]3CCC[C@@H](C(C)=O)C3)c2CC[C@@H]1C. The van der Waals surface area contributed by atoms with Gasteiger partial charge in [0, 0.05) is 23.6 Å². The molecule has 4 atom stereocenters. The van der Waals surface area contributed by atoms with Crippen LogP contribution in [0.5, 0.6) is 5.75 Å². The summed E-state index contributed by atoms with van der Waals surface area (Å²) in [5.41, 5.74) is 3.56. The maximum Gasteiger partial charge on any atom is 0.414 e. The smallest absolute Gasteiger partial charge is 0.414 e. The molecule has 0 saturated heterocycles. The van der Waals surface area contributed by atoms with E-state index in [0.717, 1.165) is 42.5 Å². The third-order valence-corrected chi connectivity index (χ3v) is 8.18. The lowest BCUT2D eigenvalue weighted by atomic mass is 9.83. The summed E-state index contributed by atoms with van der Waals surface area (Å²) in [7, 11) is 2.76. The van der Waals surface area contributed by atoms with Gasteiger partial charge in [-0.05, 0) is 75.8 Å². The second-order valence-corrected chi connectivity index (χ2v) is 10.4. The Kier molecular flexibility index (Phi) is 7.13. The molecule has 5 rings (SSSR count). The van der Waals surface area contributed by atoms with Crippen molar-refractivity contribution < 1.29 is 28.6 Å². The average Bonchev–Trinajstić information content (AvgIpc) is 3.32. The molecule has 0 bridgehead atoms. The van der Waals surface area contributed by atoms with Crippen molar-refractivity contribution in [1.29, 1.82) is 0 Å². The lowest BCUT2D eigenvalue weighted by molar-refractivity contribution is -0.122. The van der Waals surface area contributed by atoms with Crippen LogP contribution in [0.2, 0.25) is 0 Å². The fraction of sp³-hybridized carbons (Fsp3) is 0.483. The largest absolute Gasteiger partial charge is 0.494 e. The number of halogens is 1. The van der Waals surface area contributed by atoms with Crippen LogP contribution in [0, 0.1) is 11.7 Å². The molecule has 38 heavy (non-hydrogen) atoms. The fourth-order valence-electron chi connectivity index (χ4n) is 6.14. The molecule has 0 unspecified atom stereocenters. The van der Waals surface area contributed by atoms with Crippen molar-refractivity contribution in [2.75, 3.05) is 19.1 Å². The number of carbonyl (C=O) groups excluding carboxylic acids is 2. The van der Waals surface area contributed by atoms with E-state index in [9.17, 15) is 19.1 Å². The molecule has 8 nitrogen and oxygen atoms in total. The number of rotatable bonds is 5. The molecule has 1 fully saturated rings. The second kappa shape index (κ2) is 10.4. The van der Waals surface area contributed by atoms with Gasteiger partial charge < -0.3 is 19.1 Å². The zero-order chi connectivity index (χ0) is 27.1. The average molecular weight is 524 g/mol. The van der Waals surface area contributed by atoms with Crippen molar-refractivity contribution in [3.05, 3.63) is 53.1 Å². The number of amides is 1. The Labute approximate surface area is 221 Å². The first kappa shape index (κ1) is 26.2. The van der Waals surface area contributed by atoms with E-state index in [4.69, 9.17) is 14.5 Å². The number of hydrogen-bond acceptors (Lipinski definition) is 6. The Hall–Kier alpha value is -3.46. The third-order valence-electron chi connectivity index (χ3n) is 8.18. The minimum absolute atomic E-state index is 0.0310. The summed E-state index contributed by atoms with van der Waals surface area (Å²) in [5.74, 6) is 0.0371. The van der Waals surface area contributed by atoms with E-state index in [0.29, 0.717) is 29.7 Å². The number of methoxy groups -OCH3 is 2. The Morgan fingerprint density at radius 2 is 1.95 bits per heavy atom. The number of aromatic nitrogens is 2.